The number of carboxylic acid groups (broad SMARTS) is 1. The lowest BCUT2D eigenvalue weighted by Gasteiger charge is -2.01. The van der Waals surface area contributed by atoms with Gasteiger partial charge in [0.05, 0.1) is 30.2 Å². The number of aliphatic carboxylic acids is 1. The van der Waals surface area contributed by atoms with E-state index >= 15 is 0 Å². The van der Waals surface area contributed by atoms with Crippen molar-refractivity contribution in [3.63, 3.8) is 0 Å². The molecular formula is C16H15N5O3. The van der Waals surface area contributed by atoms with Crippen LogP contribution in [0.2, 0.25) is 0 Å². The molecule has 1 aromatic carbocycles. The van der Waals surface area contributed by atoms with Crippen LogP contribution in [0.5, 0.6) is 0 Å². The number of nitrogens with one attached hydrogen (secondary N) is 1. The van der Waals surface area contributed by atoms with E-state index in [2.05, 4.69) is 15.5 Å². The predicted octanol–water partition coefficient (Wildman–Crippen LogP) is 1.46. The maximum Gasteiger partial charge on any atom is 0.325 e. The second-order valence-electron chi connectivity index (χ2n) is 5.19. The largest absolute Gasteiger partial charge is 0.480 e. The lowest BCUT2D eigenvalue weighted by atomic mass is 10.2. The molecule has 0 aliphatic heterocycles. The van der Waals surface area contributed by atoms with Crippen molar-refractivity contribution in [2.24, 2.45) is 0 Å². The number of hydrogen-bond donors (Lipinski definition) is 2. The maximum atomic E-state index is 12.1. The van der Waals surface area contributed by atoms with Gasteiger partial charge in [0, 0.05) is 12.4 Å². The number of rotatable bonds is 6. The van der Waals surface area contributed by atoms with Gasteiger partial charge in [-0.05, 0) is 5.56 Å². The van der Waals surface area contributed by atoms with Crippen LogP contribution in [0.25, 0.3) is 0 Å². The molecule has 0 spiro atoms. The van der Waals surface area contributed by atoms with Crippen molar-refractivity contribution in [1.82, 2.24) is 19.6 Å². The molecule has 0 aliphatic carbocycles. The van der Waals surface area contributed by atoms with Crippen LogP contribution in [0.4, 0.5) is 5.69 Å². The van der Waals surface area contributed by atoms with Crippen molar-refractivity contribution in [2.75, 3.05) is 5.32 Å². The van der Waals surface area contributed by atoms with Gasteiger partial charge in [0.15, 0.2) is 0 Å². The Balaban J connectivity index is 1.62. The average molecular weight is 325 g/mol. The van der Waals surface area contributed by atoms with Crippen LogP contribution in [0, 0.1) is 0 Å². The molecule has 1 amide bonds. The van der Waals surface area contributed by atoms with E-state index < -0.39 is 5.97 Å². The molecule has 2 heterocycles. The van der Waals surface area contributed by atoms with Crippen LogP contribution in [-0.2, 0) is 17.9 Å². The van der Waals surface area contributed by atoms with E-state index in [1.54, 1.807) is 17.1 Å². The topological polar surface area (TPSA) is 102 Å². The smallest absolute Gasteiger partial charge is 0.325 e. The summed E-state index contributed by atoms with van der Waals surface area (Å²) in [4.78, 5) is 22.8. The fourth-order valence-electron chi connectivity index (χ4n) is 2.19. The van der Waals surface area contributed by atoms with Crippen molar-refractivity contribution in [2.45, 2.75) is 13.1 Å². The van der Waals surface area contributed by atoms with Crippen LogP contribution < -0.4 is 5.32 Å². The third kappa shape index (κ3) is 3.86. The molecule has 0 radical (unpaired) electrons. The molecule has 2 aromatic heterocycles. The first-order valence-electron chi connectivity index (χ1n) is 7.22. The Morgan fingerprint density at radius 2 is 1.79 bits per heavy atom. The molecule has 24 heavy (non-hydrogen) atoms. The van der Waals surface area contributed by atoms with Crippen molar-refractivity contribution in [3.8, 4) is 0 Å². The Bertz CT molecular complexity index is 853. The summed E-state index contributed by atoms with van der Waals surface area (Å²) in [6, 6.07) is 9.85. The highest BCUT2D eigenvalue weighted by atomic mass is 16.4. The third-order valence-electron chi connectivity index (χ3n) is 3.27. The van der Waals surface area contributed by atoms with E-state index in [0.717, 1.165) is 5.56 Å². The SMILES string of the molecule is O=C(O)Cn1cc(C(=O)Nc2cnn(Cc3ccccc3)c2)cn1. The average Bonchev–Trinajstić information content (AvgIpc) is 3.17. The van der Waals surface area contributed by atoms with Crippen LogP contribution >= 0.6 is 0 Å². The molecule has 0 fully saturated rings. The fraction of sp³-hybridized carbons (Fsp3) is 0.125. The summed E-state index contributed by atoms with van der Waals surface area (Å²) in [7, 11) is 0. The summed E-state index contributed by atoms with van der Waals surface area (Å²) < 4.78 is 2.91. The van der Waals surface area contributed by atoms with Crippen LogP contribution in [0.1, 0.15) is 15.9 Å². The molecule has 0 bridgehead atoms. The first-order chi connectivity index (χ1) is 11.6. The summed E-state index contributed by atoms with van der Waals surface area (Å²) in [5, 5.41) is 19.4. The second kappa shape index (κ2) is 6.78. The minimum Gasteiger partial charge on any atom is -0.480 e. The first-order valence-corrected chi connectivity index (χ1v) is 7.22. The number of hydrogen-bond acceptors (Lipinski definition) is 4. The molecule has 0 atom stereocenters. The second-order valence-corrected chi connectivity index (χ2v) is 5.19. The Labute approximate surface area is 137 Å². The number of anilines is 1. The van der Waals surface area contributed by atoms with Crippen molar-refractivity contribution in [3.05, 3.63) is 66.2 Å². The van der Waals surface area contributed by atoms with E-state index in [0.29, 0.717) is 12.2 Å². The number of aromatic nitrogens is 4. The lowest BCUT2D eigenvalue weighted by Crippen LogP contribution is -2.11. The van der Waals surface area contributed by atoms with Crippen LogP contribution in [0.15, 0.2) is 55.1 Å². The highest BCUT2D eigenvalue weighted by molar-refractivity contribution is 6.03. The summed E-state index contributed by atoms with van der Waals surface area (Å²) in [6.45, 7) is 0.315. The minimum absolute atomic E-state index is 0.284. The van der Waals surface area contributed by atoms with Gasteiger partial charge in [0.25, 0.3) is 5.91 Å². The van der Waals surface area contributed by atoms with Gasteiger partial charge >= 0.3 is 5.97 Å². The highest BCUT2D eigenvalue weighted by Crippen LogP contribution is 2.10. The van der Waals surface area contributed by atoms with Crippen molar-refractivity contribution < 1.29 is 14.7 Å². The van der Waals surface area contributed by atoms with E-state index in [1.165, 1.54) is 17.1 Å². The zero-order valence-electron chi connectivity index (χ0n) is 12.7. The number of carbonyl (C=O) groups excluding carboxylic acids is 1. The number of nitrogens with zero attached hydrogens (tertiary/aromatic N) is 4. The van der Waals surface area contributed by atoms with Gasteiger partial charge in [0.1, 0.15) is 6.54 Å². The van der Waals surface area contributed by atoms with E-state index in [9.17, 15) is 9.59 Å². The summed E-state index contributed by atoms with van der Waals surface area (Å²) >= 11 is 0. The van der Waals surface area contributed by atoms with Gasteiger partial charge in [0.2, 0.25) is 0 Å². The van der Waals surface area contributed by atoms with E-state index in [1.807, 2.05) is 30.3 Å². The minimum atomic E-state index is -1.02. The predicted molar refractivity (Wildman–Crippen MR) is 85.6 cm³/mol. The number of carbonyl (C=O) groups is 2. The molecule has 0 aliphatic rings. The summed E-state index contributed by atoms with van der Waals surface area (Å²) in [6.07, 6.45) is 6.00. The van der Waals surface area contributed by atoms with Gasteiger partial charge in [-0.2, -0.15) is 10.2 Å². The fourth-order valence-corrected chi connectivity index (χ4v) is 2.19. The normalized spacial score (nSPS) is 10.5. The molecular weight excluding hydrogens is 310 g/mol. The Morgan fingerprint density at radius 3 is 2.54 bits per heavy atom. The maximum absolute atomic E-state index is 12.1. The van der Waals surface area contributed by atoms with Crippen molar-refractivity contribution in [1.29, 1.82) is 0 Å². The molecule has 0 saturated heterocycles. The van der Waals surface area contributed by atoms with Gasteiger partial charge in [-0.25, -0.2) is 0 Å². The molecule has 0 saturated carbocycles. The van der Waals surface area contributed by atoms with Crippen LogP contribution in [-0.4, -0.2) is 36.5 Å². The van der Waals surface area contributed by atoms with Crippen molar-refractivity contribution >= 4 is 17.6 Å². The highest BCUT2D eigenvalue weighted by Gasteiger charge is 2.11. The quantitative estimate of drug-likeness (QED) is 0.714. The number of carboxylic acids is 1. The Morgan fingerprint density at radius 1 is 1.04 bits per heavy atom. The summed E-state index contributed by atoms with van der Waals surface area (Å²) in [5.41, 5.74) is 1.95. The van der Waals surface area contributed by atoms with Crippen LogP contribution in [0.3, 0.4) is 0 Å². The number of amides is 1. The zero-order chi connectivity index (χ0) is 16.9. The van der Waals surface area contributed by atoms with Gasteiger partial charge in [-0.3, -0.25) is 19.0 Å². The molecule has 8 nitrogen and oxygen atoms in total. The molecule has 2 N–H and O–H groups in total. The molecule has 122 valence electrons. The molecule has 8 heteroatoms. The molecule has 3 rings (SSSR count). The number of benzene rings is 1. The monoisotopic (exact) mass is 325 g/mol. The Hall–Kier alpha value is -3.42. The molecule has 0 unspecified atom stereocenters. The summed E-state index contributed by atoms with van der Waals surface area (Å²) in [5.74, 6) is -1.39. The van der Waals surface area contributed by atoms with Gasteiger partial charge in [-0.15, -0.1) is 0 Å². The molecule has 3 aromatic rings. The van der Waals surface area contributed by atoms with Gasteiger partial charge in [-0.1, -0.05) is 30.3 Å². The van der Waals surface area contributed by atoms with E-state index in [-0.39, 0.29) is 18.0 Å². The zero-order valence-corrected chi connectivity index (χ0v) is 12.7. The standard InChI is InChI=1S/C16H15N5O3/c22-15(23)11-21-9-13(6-17-21)16(24)19-14-7-18-20(10-14)8-12-4-2-1-3-5-12/h1-7,9-10H,8,11H2,(H,19,24)(H,22,23). The van der Waals surface area contributed by atoms with E-state index in [4.69, 9.17) is 5.11 Å². The van der Waals surface area contributed by atoms with Gasteiger partial charge < -0.3 is 10.4 Å². The third-order valence-corrected chi connectivity index (χ3v) is 3.27. The first kappa shape index (κ1) is 15.5. The Kier molecular flexibility index (Phi) is 4.37. The lowest BCUT2D eigenvalue weighted by molar-refractivity contribution is -0.137.